The Morgan fingerprint density at radius 1 is 1.39 bits per heavy atom. The van der Waals surface area contributed by atoms with Crippen molar-refractivity contribution in [2.75, 3.05) is 4.61 Å². The van der Waals surface area contributed by atoms with Gasteiger partial charge in [0.2, 0.25) is 0 Å². The minimum atomic E-state index is -2.42. The summed E-state index contributed by atoms with van der Waals surface area (Å²) in [4.78, 5) is 20.0. The Labute approximate surface area is 129 Å². The molecule has 0 aliphatic carbocycles. The van der Waals surface area contributed by atoms with Gasteiger partial charge in [-0.1, -0.05) is 34.7 Å². The van der Waals surface area contributed by atoms with E-state index in [1.165, 1.54) is 12.1 Å². The number of carbonyl (C=O) groups is 1. The second-order valence-corrected chi connectivity index (χ2v) is 3.06. The predicted octanol–water partition coefficient (Wildman–Crippen LogP) is -3.59. The standard InChI is InChI=1S/C8H7IO4.BH2O3.Li/c9-5-12-13-7-4-2-1-3-6(7)8(10)11;2-1(3)4;/h1-4H,5H2,(H,10,11);2-3H;/q;-1;+1. The maximum atomic E-state index is 10.6. The molecule has 0 bridgehead atoms. The van der Waals surface area contributed by atoms with Crippen LogP contribution in [0.5, 0.6) is 5.75 Å². The Balaban J connectivity index is 0. The maximum Gasteiger partial charge on any atom is 1.00 e. The Hall–Kier alpha value is -0.278. The Bertz CT molecular complexity index is 349. The third-order valence-electron chi connectivity index (χ3n) is 1.31. The van der Waals surface area contributed by atoms with E-state index in [2.05, 4.69) is 4.89 Å². The molecule has 0 amide bonds. The minimum Gasteiger partial charge on any atom is -0.832 e. The van der Waals surface area contributed by atoms with E-state index in [1.807, 2.05) is 22.6 Å². The number of para-hydroxylation sites is 1. The number of halogens is 1. The van der Waals surface area contributed by atoms with Crippen LogP contribution >= 0.6 is 22.6 Å². The van der Waals surface area contributed by atoms with Crippen LogP contribution in [0.1, 0.15) is 10.4 Å². The van der Waals surface area contributed by atoms with Crippen LogP contribution in [0.15, 0.2) is 24.3 Å². The molecule has 0 atom stereocenters. The average molecular weight is 362 g/mol. The van der Waals surface area contributed by atoms with E-state index in [9.17, 15) is 4.79 Å². The zero-order valence-corrected chi connectivity index (χ0v) is 11.6. The number of carboxylic acid groups (broad SMARTS) is 1. The van der Waals surface area contributed by atoms with Crippen LogP contribution in [0.25, 0.3) is 0 Å². The molecule has 0 spiro atoms. The smallest absolute Gasteiger partial charge is 0.832 e. The van der Waals surface area contributed by atoms with E-state index >= 15 is 0 Å². The van der Waals surface area contributed by atoms with Crippen LogP contribution in [-0.2, 0) is 4.89 Å². The zero-order valence-electron chi connectivity index (χ0n) is 9.45. The van der Waals surface area contributed by atoms with Gasteiger partial charge >= 0.3 is 32.2 Å². The van der Waals surface area contributed by atoms with Gasteiger partial charge in [0.15, 0.2) is 5.75 Å². The number of rotatable bonds is 4. The van der Waals surface area contributed by atoms with Crippen molar-refractivity contribution >= 4 is 35.9 Å². The number of aromatic carboxylic acids is 1. The molecular weight excluding hydrogens is 353 g/mol. The largest absolute Gasteiger partial charge is 1.00 e. The molecule has 94 valence electrons. The third-order valence-corrected chi connectivity index (χ3v) is 1.56. The molecule has 0 aliphatic rings. The topological polar surface area (TPSA) is 119 Å². The molecule has 0 aromatic heterocycles. The summed E-state index contributed by atoms with van der Waals surface area (Å²) in [6, 6.07) is 6.29. The number of carboxylic acids is 1. The molecule has 0 heterocycles. The first-order valence-corrected chi connectivity index (χ1v) is 5.71. The average Bonchev–Trinajstić information content (AvgIpc) is 2.25. The summed E-state index contributed by atoms with van der Waals surface area (Å²) < 4.78 is 0.339. The van der Waals surface area contributed by atoms with Crippen molar-refractivity contribution in [2.45, 2.75) is 0 Å². The fourth-order valence-electron chi connectivity index (χ4n) is 0.802. The van der Waals surface area contributed by atoms with Crippen molar-refractivity contribution in [1.82, 2.24) is 0 Å². The first-order chi connectivity index (χ1) is 7.99. The minimum absolute atomic E-state index is 0. The molecule has 1 rings (SSSR count). The van der Waals surface area contributed by atoms with Crippen LogP contribution in [0.4, 0.5) is 0 Å². The van der Waals surface area contributed by atoms with Crippen LogP contribution in [0, 0.1) is 0 Å². The molecule has 18 heavy (non-hydrogen) atoms. The summed E-state index contributed by atoms with van der Waals surface area (Å²) in [5.74, 6) is -0.820. The van der Waals surface area contributed by atoms with Gasteiger partial charge in [0.25, 0.3) is 0 Å². The molecule has 1 aromatic carbocycles. The Morgan fingerprint density at radius 2 is 1.89 bits per heavy atom. The Kier molecular flexibility index (Phi) is 13.1. The molecular formula is C8H9BILiO7. The van der Waals surface area contributed by atoms with Crippen molar-refractivity contribution < 1.29 is 53.6 Å². The first kappa shape index (κ1) is 20.0. The monoisotopic (exact) mass is 362 g/mol. The molecule has 7 nitrogen and oxygen atoms in total. The zero-order chi connectivity index (χ0) is 13.3. The van der Waals surface area contributed by atoms with E-state index in [-0.39, 0.29) is 30.2 Å². The molecule has 0 aliphatic heterocycles. The van der Waals surface area contributed by atoms with Gasteiger partial charge in [-0.15, -0.1) is 0 Å². The van der Waals surface area contributed by atoms with Gasteiger partial charge in [0, 0.05) is 0 Å². The van der Waals surface area contributed by atoms with Gasteiger partial charge < -0.3 is 25.1 Å². The molecule has 10 heteroatoms. The van der Waals surface area contributed by atoms with Gasteiger partial charge in [-0.3, -0.25) is 0 Å². The van der Waals surface area contributed by atoms with Crippen LogP contribution in [0.3, 0.4) is 0 Å². The summed E-state index contributed by atoms with van der Waals surface area (Å²) in [5, 5.41) is 31.5. The quantitative estimate of drug-likeness (QED) is 0.167. The third kappa shape index (κ3) is 9.72. The van der Waals surface area contributed by atoms with Gasteiger partial charge in [-0.05, 0) is 12.1 Å². The predicted molar refractivity (Wildman–Crippen MR) is 64.2 cm³/mol. The number of hydrogen-bond acceptors (Lipinski definition) is 6. The summed E-state index contributed by atoms with van der Waals surface area (Å²) >= 11 is 1.95. The second-order valence-electron chi connectivity index (χ2n) is 2.44. The number of hydrogen-bond donors (Lipinski definition) is 3. The van der Waals surface area contributed by atoms with Crippen LogP contribution in [0.2, 0.25) is 0 Å². The van der Waals surface area contributed by atoms with Crippen LogP contribution in [-0.4, -0.2) is 33.1 Å². The van der Waals surface area contributed by atoms with Gasteiger partial charge in [-0.2, -0.15) is 4.89 Å². The molecule has 0 fully saturated rings. The second kappa shape index (κ2) is 11.8. The van der Waals surface area contributed by atoms with Gasteiger partial charge in [0.05, 0.1) is 0 Å². The molecule has 0 saturated heterocycles. The van der Waals surface area contributed by atoms with Crippen molar-refractivity contribution in [3.05, 3.63) is 29.8 Å². The number of benzene rings is 1. The van der Waals surface area contributed by atoms with E-state index < -0.39 is 13.3 Å². The fourth-order valence-corrected chi connectivity index (χ4v) is 0.929. The summed E-state index contributed by atoms with van der Waals surface area (Å²) in [5.41, 5.74) is 0.0901. The van der Waals surface area contributed by atoms with Crippen molar-refractivity contribution in [1.29, 1.82) is 0 Å². The van der Waals surface area contributed by atoms with E-state index in [0.29, 0.717) is 4.61 Å². The molecule has 0 unspecified atom stereocenters. The Morgan fingerprint density at radius 3 is 2.33 bits per heavy atom. The number of alkyl halides is 1. The van der Waals surface area contributed by atoms with Crippen LogP contribution < -0.4 is 28.8 Å². The maximum absolute atomic E-state index is 10.6. The molecule has 1 aromatic rings. The summed E-state index contributed by atoms with van der Waals surface area (Å²) in [6.07, 6.45) is 0. The van der Waals surface area contributed by atoms with Crippen molar-refractivity contribution in [3.8, 4) is 5.75 Å². The van der Waals surface area contributed by atoms with E-state index in [1.54, 1.807) is 12.1 Å². The summed E-state index contributed by atoms with van der Waals surface area (Å²) in [7, 11) is -2.42. The van der Waals surface area contributed by atoms with E-state index in [0.717, 1.165) is 0 Å². The first-order valence-electron chi connectivity index (χ1n) is 4.18. The van der Waals surface area contributed by atoms with Crippen molar-refractivity contribution in [2.24, 2.45) is 0 Å². The molecule has 0 radical (unpaired) electrons. The molecule has 3 N–H and O–H groups in total. The van der Waals surface area contributed by atoms with Gasteiger partial charge in [-0.25, -0.2) is 4.79 Å². The van der Waals surface area contributed by atoms with Gasteiger partial charge in [0.1, 0.15) is 10.2 Å². The SMILES string of the molecule is O=C(O)c1ccccc1OOCI.[Li+].[O-]B(O)O. The fraction of sp³-hybridized carbons (Fsp3) is 0.125. The normalized spacial score (nSPS) is 8.44. The summed E-state index contributed by atoms with van der Waals surface area (Å²) in [6.45, 7) is 0. The molecule has 0 saturated carbocycles. The van der Waals surface area contributed by atoms with E-state index in [4.69, 9.17) is 25.1 Å². The van der Waals surface area contributed by atoms with Crippen molar-refractivity contribution in [3.63, 3.8) is 0 Å².